The Balaban J connectivity index is 2.26. The Morgan fingerprint density at radius 3 is 2.75 bits per heavy atom. The third-order valence-electron chi connectivity index (χ3n) is 1.34. The first-order valence-corrected chi connectivity index (χ1v) is 3.69. The van der Waals surface area contributed by atoms with Crippen molar-refractivity contribution in [2.75, 3.05) is 6.54 Å². The van der Waals surface area contributed by atoms with Crippen LogP contribution in [0.4, 0.5) is 0 Å². The molecule has 0 saturated carbocycles. The van der Waals surface area contributed by atoms with E-state index in [1.807, 2.05) is 6.92 Å². The Labute approximate surface area is 51.1 Å². The van der Waals surface area contributed by atoms with E-state index in [1.165, 1.54) is 0 Å². The van der Waals surface area contributed by atoms with Crippen LogP contribution in [-0.2, 0) is 11.3 Å². The molecule has 8 heavy (non-hydrogen) atoms. The Hall–Kier alpha value is 0.0700. The van der Waals surface area contributed by atoms with E-state index >= 15 is 0 Å². The van der Waals surface area contributed by atoms with Crippen molar-refractivity contribution in [3.05, 3.63) is 0 Å². The molecule has 1 heterocycles. The third-order valence-corrected chi connectivity index (χ3v) is 2.18. The van der Waals surface area contributed by atoms with Crippen molar-refractivity contribution in [2.24, 2.45) is 0 Å². The summed E-state index contributed by atoms with van der Waals surface area (Å²) in [6.45, 7) is 2.80. The fourth-order valence-electron chi connectivity index (χ4n) is 0.685. The second-order valence-electron chi connectivity index (χ2n) is 1.89. The van der Waals surface area contributed by atoms with Gasteiger partial charge in [-0.2, -0.15) is 4.31 Å². The van der Waals surface area contributed by atoms with Crippen molar-refractivity contribution in [3.8, 4) is 0 Å². The lowest BCUT2D eigenvalue weighted by molar-refractivity contribution is 0.518. The van der Waals surface area contributed by atoms with Crippen LogP contribution in [-0.4, -0.2) is 25.7 Å². The quantitative estimate of drug-likeness (QED) is 0.434. The maximum Gasteiger partial charge on any atom is 0.234 e. The smallest absolute Gasteiger partial charge is 0.234 e. The number of hydrogen-bond acceptors (Lipinski definition) is 1. The topological polar surface area (TPSA) is 40.3 Å². The zero-order valence-corrected chi connectivity index (χ0v) is 5.52. The molecule has 0 aromatic carbocycles. The molecule has 0 aromatic rings. The molecule has 0 amide bonds. The lowest BCUT2D eigenvalue weighted by atomic mass is 10.4. The van der Waals surface area contributed by atoms with Gasteiger partial charge in [0.25, 0.3) is 0 Å². The van der Waals surface area contributed by atoms with Crippen molar-refractivity contribution in [1.29, 1.82) is 0 Å². The minimum Gasteiger partial charge on any atom is -0.294 e. The Bertz CT molecular complexity index is 117. The second-order valence-corrected chi connectivity index (χ2v) is 2.82. The van der Waals surface area contributed by atoms with E-state index in [2.05, 4.69) is 0 Å². The average molecular weight is 135 g/mol. The van der Waals surface area contributed by atoms with Crippen LogP contribution in [0.25, 0.3) is 0 Å². The summed E-state index contributed by atoms with van der Waals surface area (Å²) in [5, 5.41) is 0. The monoisotopic (exact) mass is 135 g/mol. The minimum absolute atomic E-state index is 0.376. The number of hydrogen-bond donors (Lipinski definition) is 1. The van der Waals surface area contributed by atoms with Crippen molar-refractivity contribution < 1.29 is 8.76 Å². The normalized spacial score (nSPS) is 39.2. The molecule has 3 unspecified atom stereocenters. The van der Waals surface area contributed by atoms with E-state index in [0.29, 0.717) is 6.04 Å². The Morgan fingerprint density at radius 1 is 2.00 bits per heavy atom. The van der Waals surface area contributed by atoms with Crippen LogP contribution >= 0.6 is 0 Å². The molecule has 1 rings (SSSR count). The first kappa shape index (κ1) is 6.19. The highest BCUT2D eigenvalue weighted by Crippen LogP contribution is 2.20. The highest BCUT2D eigenvalue weighted by Gasteiger charge is 2.36. The van der Waals surface area contributed by atoms with Gasteiger partial charge >= 0.3 is 0 Å². The van der Waals surface area contributed by atoms with Crippen LogP contribution in [0.3, 0.4) is 0 Å². The highest BCUT2D eigenvalue weighted by atomic mass is 32.2. The van der Waals surface area contributed by atoms with Crippen LogP contribution in [0.5, 0.6) is 0 Å². The van der Waals surface area contributed by atoms with Gasteiger partial charge in [-0.3, -0.25) is 4.55 Å². The van der Waals surface area contributed by atoms with Gasteiger partial charge in [-0.25, -0.2) is 4.21 Å². The summed E-state index contributed by atoms with van der Waals surface area (Å²) in [4.78, 5) is 0. The molecule has 1 aliphatic rings. The Morgan fingerprint density at radius 2 is 2.62 bits per heavy atom. The van der Waals surface area contributed by atoms with E-state index < -0.39 is 11.3 Å². The fraction of sp³-hybridized carbons (Fsp3) is 1.00. The average Bonchev–Trinajstić information content (AvgIpc) is 2.42. The van der Waals surface area contributed by atoms with Gasteiger partial charge in [0, 0.05) is 12.6 Å². The first-order valence-electron chi connectivity index (χ1n) is 2.63. The molecule has 4 heteroatoms. The van der Waals surface area contributed by atoms with Gasteiger partial charge in [-0.1, -0.05) is 6.92 Å². The van der Waals surface area contributed by atoms with Crippen LogP contribution in [0.2, 0.25) is 0 Å². The molecule has 0 bridgehead atoms. The van der Waals surface area contributed by atoms with E-state index in [4.69, 9.17) is 4.55 Å². The lowest BCUT2D eigenvalue weighted by Gasteiger charge is -1.89. The summed E-state index contributed by atoms with van der Waals surface area (Å²) in [7, 11) is 0. The molecule has 0 radical (unpaired) electrons. The molecule has 1 saturated heterocycles. The molecule has 0 aliphatic carbocycles. The summed E-state index contributed by atoms with van der Waals surface area (Å²) in [5.74, 6) is 0. The lowest BCUT2D eigenvalue weighted by Crippen LogP contribution is -2.03. The number of nitrogens with zero attached hydrogens (tertiary/aromatic N) is 1. The fourth-order valence-corrected chi connectivity index (χ4v) is 1.39. The molecule has 0 aromatic heterocycles. The van der Waals surface area contributed by atoms with E-state index in [9.17, 15) is 4.21 Å². The Kier molecular flexibility index (Phi) is 1.65. The van der Waals surface area contributed by atoms with E-state index in [-0.39, 0.29) is 0 Å². The van der Waals surface area contributed by atoms with Crippen LogP contribution in [0, 0.1) is 0 Å². The van der Waals surface area contributed by atoms with Crippen molar-refractivity contribution >= 4 is 11.3 Å². The standard InChI is InChI=1S/C4H9NO2S/c1-2-4-3-5(4)8(6)7/h4H,2-3H2,1H3,(H,6,7). The van der Waals surface area contributed by atoms with E-state index in [0.717, 1.165) is 13.0 Å². The molecule has 48 valence electrons. The predicted molar refractivity (Wildman–Crippen MR) is 31.6 cm³/mol. The van der Waals surface area contributed by atoms with Crippen molar-refractivity contribution in [3.63, 3.8) is 0 Å². The summed E-state index contributed by atoms with van der Waals surface area (Å²) in [6, 6.07) is 0.376. The summed E-state index contributed by atoms with van der Waals surface area (Å²) < 4.78 is 20.1. The van der Waals surface area contributed by atoms with Gasteiger partial charge < -0.3 is 0 Å². The van der Waals surface area contributed by atoms with Crippen LogP contribution < -0.4 is 0 Å². The SMILES string of the molecule is CCC1CN1S(=O)O. The van der Waals surface area contributed by atoms with E-state index in [1.54, 1.807) is 4.31 Å². The zero-order chi connectivity index (χ0) is 6.15. The molecule has 1 N–H and O–H groups in total. The molecule has 3 atom stereocenters. The van der Waals surface area contributed by atoms with Gasteiger partial charge in [0.1, 0.15) is 0 Å². The van der Waals surface area contributed by atoms with Gasteiger partial charge in [0.2, 0.25) is 11.3 Å². The van der Waals surface area contributed by atoms with Gasteiger partial charge in [0.15, 0.2) is 0 Å². The summed E-state index contributed by atoms with van der Waals surface area (Å²) >= 11 is -1.70. The predicted octanol–water partition coefficient (Wildman–Crippen LogP) is 0.217. The minimum atomic E-state index is -1.70. The second kappa shape index (κ2) is 2.13. The maximum atomic E-state index is 10.2. The molecule has 0 spiro atoms. The zero-order valence-electron chi connectivity index (χ0n) is 4.70. The molecular weight excluding hydrogens is 126 g/mol. The highest BCUT2D eigenvalue weighted by molar-refractivity contribution is 7.77. The van der Waals surface area contributed by atoms with Crippen LogP contribution in [0.15, 0.2) is 0 Å². The first-order chi connectivity index (χ1) is 3.75. The van der Waals surface area contributed by atoms with Gasteiger partial charge in [0.05, 0.1) is 0 Å². The van der Waals surface area contributed by atoms with Gasteiger partial charge in [-0.15, -0.1) is 0 Å². The maximum absolute atomic E-state index is 10.2. The van der Waals surface area contributed by atoms with Gasteiger partial charge in [-0.05, 0) is 6.42 Å². The molecule has 1 aliphatic heterocycles. The largest absolute Gasteiger partial charge is 0.294 e. The molecule has 3 nitrogen and oxygen atoms in total. The van der Waals surface area contributed by atoms with Crippen molar-refractivity contribution in [1.82, 2.24) is 4.31 Å². The van der Waals surface area contributed by atoms with Crippen molar-refractivity contribution in [2.45, 2.75) is 19.4 Å². The molecular formula is C4H9NO2S. The third kappa shape index (κ3) is 1.07. The summed E-state index contributed by atoms with van der Waals surface area (Å²) in [6.07, 6.45) is 0.978. The summed E-state index contributed by atoms with van der Waals surface area (Å²) in [5.41, 5.74) is 0. The van der Waals surface area contributed by atoms with Crippen LogP contribution in [0.1, 0.15) is 13.3 Å². The number of rotatable bonds is 2. The molecule has 1 fully saturated rings.